The van der Waals surface area contributed by atoms with E-state index in [4.69, 9.17) is 85.0 Å². The number of esters is 1. The number of halogens is 7. The van der Waals surface area contributed by atoms with Crippen molar-refractivity contribution in [3.8, 4) is 22.9 Å². The van der Waals surface area contributed by atoms with E-state index >= 15 is 0 Å². The predicted molar refractivity (Wildman–Crippen MR) is 359 cm³/mol. The quantitative estimate of drug-likeness (QED) is 0.0197. The van der Waals surface area contributed by atoms with Gasteiger partial charge in [-0.2, -0.15) is 28.1 Å². The van der Waals surface area contributed by atoms with Crippen molar-refractivity contribution in [1.82, 2.24) is 29.4 Å². The molecule has 3 heterocycles. The van der Waals surface area contributed by atoms with E-state index < -0.39 is 66.4 Å². The van der Waals surface area contributed by atoms with Crippen molar-refractivity contribution in [2.24, 2.45) is 7.05 Å². The van der Waals surface area contributed by atoms with E-state index in [0.29, 0.717) is 63.1 Å². The van der Waals surface area contributed by atoms with Gasteiger partial charge in [0.25, 0.3) is 11.5 Å². The SMILES string of the molecule is CC1COc2ccccc2N1C(=O)C(Cl)Cl.CCNc1nc(Cl)nc(NC(C)C)n1.CCc1ccc(COc2ccc(-n3c(=O)cc(C(F)(F)F)n(C)c3=O)cc2)c(OC(C)C(=O)OC)c1.CCc1cccc(C)c1N(C(=O)CCl)C(C)COC.O=C(O)CNCP(=O)(O)O. The normalized spacial score (nSPS) is 13.0. The fraction of sp³-hybridized carbons (Fsp3) is 0.435. The van der Waals surface area contributed by atoms with Crippen LogP contribution in [0.5, 0.6) is 17.2 Å². The number of benzene rings is 4. The van der Waals surface area contributed by atoms with Gasteiger partial charge in [0.05, 0.1) is 55.7 Å². The maximum Gasteiger partial charge on any atom is 0.431 e. The minimum absolute atomic E-state index is 0.0223. The van der Waals surface area contributed by atoms with Crippen LogP contribution in [-0.4, -0.2) is 144 Å². The number of amides is 2. The lowest BCUT2D eigenvalue weighted by molar-refractivity contribution is -0.148. The number of alkyl halides is 6. The summed E-state index contributed by atoms with van der Waals surface area (Å²) in [6.07, 6.45) is -4.63. The molecule has 0 fully saturated rings. The molecule has 0 saturated heterocycles. The molecule has 1 aliphatic heterocycles. The van der Waals surface area contributed by atoms with Gasteiger partial charge in [0.1, 0.15) is 42.0 Å². The van der Waals surface area contributed by atoms with Crippen molar-refractivity contribution in [1.29, 1.82) is 0 Å². The van der Waals surface area contributed by atoms with Crippen molar-refractivity contribution >= 4 is 101 Å². The highest BCUT2D eigenvalue weighted by molar-refractivity contribution is 7.51. The summed E-state index contributed by atoms with van der Waals surface area (Å²) in [5.74, 6) is 0.422. The number of methoxy groups -OCH3 is 2. The molecule has 522 valence electrons. The molecule has 6 aromatic rings. The Balaban J connectivity index is 0.000000337. The van der Waals surface area contributed by atoms with Gasteiger partial charge >= 0.3 is 31.4 Å². The number of hydrogen-bond donors (Lipinski definition) is 6. The fourth-order valence-electron chi connectivity index (χ4n) is 8.72. The molecule has 25 nitrogen and oxygen atoms in total. The smallest absolute Gasteiger partial charge is 0.431 e. The second-order valence-corrected chi connectivity index (χ2v) is 24.3. The van der Waals surface area contributed by atoms with Crippen LogP contribution in [0.1, 0.15) is 83.3 Å². The van der Waals surface area contributed by atoms with Crippen LogP contribution in [0, 0.1) is 6.92 Å². The molecule has 2 aromatic heterocycles. The second-order valence-electron chi connectivity index (χ2n) is 20.9. The van der Waals surface area contributed by atoms with Gasteiger partial charge in [-0.05, 0) is 132 Å². The highest BCUT2D eigenvalue weighted by Crippen LogP contribution is 2.35. The van der Waals surface area contributed by atoms with E-state index in [0.717, 1.165) is 54.5 Å². The Bertz CT molecular complexity index is 3660. The lowest BCUT2D eigenvalue weighted by Crippen LogP contribution is -2.47. The predicted octanol–water partition coefficient (Wildman–Crippen LogP) is 9.98. The first kappa shape index (κ1) is 81.7. The van der Waals surface area contributed by atoms with Crippen molar-refractivity contribution in [2.75, 3.05) is 73.1 Å². The largest absolute Gasteiger partial charge is 0.489 e. The number of rotatable bonds is 23. The Morgan fingerprint density at radius 2 is 1.54 bits per heavy atom. The summed E-state index contributed by atoms with van der Waals surface area (Å²) in [6, 6.07) is 25.2. The van der Waals surface area contributed by atoms with Crippen LogP contribution < -0.4 is 51.2 Å². The summed E-state index contributed by atoms with van der Waals surface area (Å²) in [7, 11) is -0.241. The van der Waals surface area contributed by atoms with Gasteiger partial charge in [0, 0.05) is 38.4 Å². The van der Waals surface area contributed by atoms with Gasteiger partial charge in [-0.3, -0.25) is 33.6 Å². The number of fused-ring (bicyclic) bond motifs is 1. The number of carbonyl (C=O) groups excluding carboxylic acids is 3. The van der Waals surface area contributed by atoms with Crippen molar-refractivity contribution < 1.29 is 75.5 Å². The topological polar surface area (TPSA) is 317 Å². The first-order chi connectivity index (χ1) is 44.7. The molecule has 6 N–H and O–H groups in total. The van der Waals surface area contributed by atoms with Crippen LogP contribution in [0.15, 0.2) is 101 Å². The Labute approximate surface area is 568 Å². The minimum atomic E-state index is -4.84. The highest BCUT2D eigenvalue weighted by Gasteiger charge is 2.36. The number of anilines is 4. The Hall–Kier alpha value is -7.53. The monoisotopic (exact) mass is 1430 g/mol. The Morgan fingerprint density at radius 1 is 0.884 bits per heavy atom. The van der Waals surface area contributed by atoms with Crippen LogP contribution in [0.3, 0.4) is 0 Å². The molecule has 3 unspecified atom stereocenters. The summed E-state index contributed by atoms with van der Waals surface area (Å²) in [4.78, 5) is 101. The summed E-state index contributed by atoms with van der Waals surface area (Å²) in [6.45, 7) is 18.8. The van der Waals surface area contributed by atoms with Crippen LogP contribution in [0.2, 0.25) is 5.28 Å². The van der Waals surface area contributed by atoms with Crippen molar-refractivity contribution in [3.05, 3.63) is 145 Å². The van der Waals surface area contributed by atoms with Crippen molar-refractivity contribution in [3.63, 3.8) is 0 Å². The number of aliphatic carboxylic acids is 1. The lowest BCUT2D eigenvalue weighted by atomic mass is 10.0. The summed E-state index contributed by atoms with van der Waals surface area (Å²) < 4.78 is 77.2. The molecule has 0 radical (unpaired) electrons. The van der Waals surface area contributed by atoms with Gasteiger partial charge in [-0.1, -0.05) is 79.5 Å². The van der Waals surface area contributed by atoms with Gasteiger partial charge < -0.3 is 59.0 Å². The third kappa shape index (κ3) is 26.2. The van der Waals surface area contributed by atoms with E-state index in [1.54, 1.807) is 23.8 Å². The average molecular weight is 1440 g/mol. The molecule has 33 heteroatoms. The maximum atomic E-state index is 13.1. The third-order valence-corrected chi connectivity index (χ3v) is 14.5. The number of nitrogens with one attached hydrogen (secondary N) is 3. The molecular formula is C62H80Cl4F3N10O15P. The zero-order valence-electron chi connectivity index (χ0n) is 54.4. The lowest BCUT2D eigenvalue weighted by Gasteiger charge is -2.35. The number of nitrogens with zero attached hydrogens (tertiary/aromatic N) is 7. The number of carboxylic acids is 1. The molecule has 4 aromatic carbocycles. The van der Waals surface area contributed by atoms with Crippen LogP contribution in [0.25, 0.3) is 5.69 Å². The first-order valence-corrected chi connectivity index (χ1v) is 32.9. The Kier molecular flexibility index (Phi) is 34.0. The van der Waals surface area contributed by atoms with Gasteiger partial charge in [-0.15, -0.1) is 11.6 Å². The van der Waals surface area contributed by atoms with Crippen LogP contribution in [-0.2, 0) is 65.9 Å². The van der Waals surface area contributed by atoms with Gasteiger partial charge in [-0.25, -0.2) is 14.2 Å². The van der Waals surface area contributed by atoms with Crippen LogP contribution in [0.4, 0.5) is 36.4 Å². The second kappa shape index (κ2) is 39.5. The van der Waals surface area contributed by atoms with E-state index in [1.807, 2.05) is 103 Å². The number of ether oxygens (including phenoxy) is 5. The highest BCUT2D eigenvalue weighted by atomic mass is 35.5. The average Bonchev–Trinajstić information content (AvgIpc) is 0.791. The molecule has 3 atom stereocenters. The van der Waals surface area contributed by atoms with E-state index in [2.05, 4.69) is 43.9 Å². The number of para-hydroxylation sites is 3. The molecule has 0 spiro atoms. The zero-order chi connectivity index (χ0) is 71.5. The first-order valence-electron chi connectivity index (χ1n) is 29.3. The molecule has 95 heavy (non-hydrogen) atoms. The number of carboxylic acid groups (broad SMARTS) is 1. The van der Waals surface area contributed by atoms with Gasteiger partial charge in [0.2, 0.25) is 23.1 Å². The molecule has 0 saturated carbocycles. The number of aromatic nitrogens is 5. The molecule has 0 bridgehead atoms. The van der Waals surface area contributed by atoms with E-state index in [1.165, 1.54) is 31.4 Å². The van der Waals surface area contributed by atoms with Crippen molar-refractivity contribution in [2.45, 2.75) is 117 Å². The maximum absolute atomic E-state index is 13.1. The zero-order valence-corrected chi connectivity index (χ0v) is 58.3. The molecule has 0 aliphatic carbocycles. The minimum Gasteiger partial charge on any atom is -0.489 e. The molecular weight excluding hydrogens is 1350 g/mol. The molecule has 7 rings (SSSR count). The van der Waals surface area contributed by atoms with E-state index in [9.17, 15) is 46.5 Å². The number of hydrogen-bond acceptors (Lipinski definition) is 18. The van der Waals surface area contributed by atoms with Crippen LogP contribution >= 0.6 is 54.0 Å². The number of carbonyl (C=O) groups is 4. The van der Waals surface area contributed by atoms with Gasteiger partial charge in [0.15, 0.2) is 10.9 Å². The Morgan fingerprint density at radius 3 is 2.09 bits per heavy atom. The third-order valence-electron chi connectivity index (χ3n) is 13.1. The number of aryl methyl sites for hydroxylation is 3. The van der Waals surface area contributed by atoms with E-state index in [-0.39, 0.29) is 53.4 Å². The standard InChI is InChI=1S/C25H25F3N2O6.C15H22ClNO2.C11H11Cl2NO2.C8H14ClN5.C3H8NO5P/c1-5-16-6-7-17(20(12-16)36-15(2)23(32)34-4)14-35-19-10-8-18(9-11-19)30-22(31)13-21(25(26,27)28)29(3)24(30)33;1-5-13-8-6-7-11(2)15(13)17(14(18)9-16)12(3)10-19-4;1-7-6-16-9-5-3-2-4-8(9)14(7)11(15)10(12)13;1-4-10-7-12-6(9)13-8(14-7)11-5(2)3;5-3(6)1-4-2-10(7,8)9/h6-13,15H,5,14H2,1-4H3;6-8,12H,5,9-10H2,1-4H3;2-5,7,10H,6H2,1H3;5H,4H2,1-3H3,(H2,10,11,12,13,14);4H,1-2H2,(H,5,6)(H2,7,8,9). The molecule has 1 aliphatic rings. The molecule has 2 amide bonds. The summed E-state index contributed by atoms with van der Waals surface area (Å²) in [5, 5.41) is 16.3. The summed E-state index contributed by atoms with van der Waals surface area (Å²) >= 11 is 22.7. The summed E-state index contributed by atoms with van der Waals surface area (Å²) in [5.41, 5.74) is 2.13. The fourth-order valence-corrected chi connectivity index (χ4v) is 9.62.